The Morgan fingerprint density at radius 1 is 1.11 bits per heavy atom. The van der Waals surface area contributed by atoms with Crippen LogP contribution in [0.2, 0.25) is 0 Å². The molecule has 1 heterocycles. The summed E-state index contributed by atoms with van der Waals surface area (Å²) < 4.78 is 6.62. The fourth-order valence-corrected chi connectivity index (χ4v) is 4.10. The zero-order chi connectivity index (χ0) is 14.2. The van der Waals surface area contributed by atoms with Crippen LogP contribution in [-0.2, 0) is 0 Å². The molecule has 0 N–H and O–H groups in total. The van der Waals surface area contributed by atoms with E-state index in [-0.39, 0.29) is 4.83 Å². The zero-order valence-electron chi connectivity index (χ0n) is 11.4. The van der Waals surface area contributed by atoms with Crippen LogP contribution in [0.5, 0.6) is 5.75 Å². The lowest BCUT2D eigenvalue weighted by atomic mass is 10.1. The van der Waals surface area contributed by atoms with Crippen LogP contribution in [0.1, 0.15) is 31.3 Å². The van der Waals surface area contributed by atoms with Gasteiger partial charge in [0, 0.05) is 19.8 Å². The molecule has 102 valence electrons. The van der Waals surface area contributed by atoms with Crippen LogP contribution in [0.4, 0.5) is 0 Å². The standard InChI is InChI=1S/C15H16Br2OS/c1-8-6-14(19-10(8)3)15(17)11-7-12(16)9(2)5-13(11)18-4/h5-7,15H,1-4H3. The first kappa shape index (κ1) is 15.1. The monoisotopic (exact) mass is 402 g/mol. The number of thiophene rings is 1. The highest BCUT2D eigenvalue weighted by atomic mass is 79.9. The van der Waals surface area contributed by atoms with Gasteiger partial charge in [-0.3, -0.25) is 0 Å². The summed E-state index contributed by atoms with van der Waals surface area (Å²) in [7, 11) is 1.72. The van der Waals surface area contributed by atoms with Crippen molar-refractivity contribution in [1.29, 1.82) is 0 Å². The van der Waals surface area contributed by atoms with E-state index in [0.29, 0.717) is 0 Å². The van der Waals surface area contributed by atoms with Gasteiger partial charge in [-0.15, -0.1) is 11.3 Å². The Morgan fingerprint density at radius 2 is 1.79 bits per heavy atom. The lowest BCUT2D eigenvalue weighted by molar-refractivity contribution is 0.410. The molecule has 1 atom stereocenters. The molecule has 0 bridgehead atoms. The third-order valence-electron chi connectivity index (χ3n) is 3.22. The number of methoxy groups -OCH3 is 1. The Morgan fingerprint density at radius 3 is 2.32 bits per heavy atom. The second kappa shape index (κ2) is 5.98. The van der Waals surface area contributed by atoms with Crippen LogP contribution in [0.25, 0.3) is 0 Å². The lowest BCUT2D eigenvalue weighted by Gasteiger charge is -2.15. The number of ether oxygens (including phenoxy) is 1. The third-order valence-corrected chi connectivity index (χ3v) is 6.58. The molecule has 1 nitrogen and oxygen atoms in total. The SMILES string of the molecule is COc1cc(C)c(Br)cc1C(Br)c1cc(C)c(C)s1. The van der Waals surface area contributed by atoms with Gasteiger partial charge in [-0.05, 0) is 50.1 Å². The van der Waals surface area contributed by atoms with E-state index < -0.39 is 0 Å². The minimum atomic E-state index is 0.164. The van der Waals surface area contributed by atoms with Crippen molar-refractivity contribution in [1.82, 2.24) is 0 Å². The van der Waals surface area contributed by atoms with Crippen molar-refractivity contribution in [3.8, 4) is 5.75 Å². The van der Waals surface area contributed by atoms with Gasteiger partial charge in [0.2, 0.25) is 0 Å². The molecule has 0 aliphatic rings. The molecular weight excluding hydrogens is 388 g/mol. The first-order valence-electron chi connectivity index (χ1n) is 5.99. The molecule has 0 aliphatic carbocycles. The van der Waals surface area contributed by atoms with Crippen molar-refractivity contribution < 1.29 is 4.74 Å². The van der Waals surface area contributed by atoms with Gasteiger partial charge >= 0.3 is 0 Å². The van der Waals surface area contributed by atoms with E-state index in [1.807, 2.05) is 11.3 Å². The Hall–Kier alpha value is -0.320. The smallest absolute Gasteiger partial charge is 0.123 e. The first-order valence-corrected chi connectivity index (χ1v) is 8.51. The Bertz CT molecular complexity index is 585. The van der Waals surface area contributed by atoms with E-state index in [1.54, 1.807) is 7.11 Å². The second-order valence-electron chi connectivity index (χ2n) is 4.59. The molecule has 0 amide bonds. The fraction of sp³-hybridized carbons (Fsp3) is 0.333. The highest BCUT2D eigenvalue weighted by Crippen LogP contribution is 2.42. The van der Waals surface area contributed by atoms with Gasteiger partial charge in [-0.2, -0.15) is 0 Å². The number of halogens is 2. The summed E-state index contributed by atoms with van der Waals surface area (Å²) in [6.45, 7) is 6.38. The summed E-state index contributed by atoms with van der Waals surface area (Å²) in [4.78, 5) is 2.84. The van der Waals surface area contributed by atoms with Gasteiger partial charge in [0.15, 0.2) is 0 Å². The molecule has 0 radical (unpaired) electrons. The van der Waals surface area contributed by atoms with Crippen molar-refractivity contribution in [3.05, 3.63) is 49.1 Å². The van der Waals surface area contributed by atoms with E-state index in [2.05, 4.69) is 70.8 Å². The van der Waals surface area contributed by atoms with Crippen molar-refractivity contribution in [3.63, 3.8) is 0 Å². The summed E-state index contributed by atoms with van der Waals surface area (Å²) in [5.74, 6) is 0.922. The molecule has 0 saturated carbocycles. The van der Waals surface area contributed by atoms with Crippen LogP contribution in [0, 0.1) is 20.8 Å². The van der Waals surface area contributed by atoms with Crippen LogP contribution in [-0.4, -0.2) is 7.11 Å². The molecule has 1 aromatic carbocycles. The van der Waals surface area contributed by atoms with Crippen LogP contribution in [0.15, 0.2) is 22.7 Å². The number of aryl methyl sites for hydroxylation is 3. The summed E-state index contributed by atoms with van der Waals surface area (Å²) in [5, 5.41) is 0. The van der Waals surface area contributed by atoms with Gasteiger partial charge < -0.3 is 4.74 Å². The maximum atomic E-state index is 5.51. The predicted octanol–water partition coefficient (Wildman–Crippen LogP) is 5.93. The average molecular weight is 404 g/mol. The Labute approximate surface area is 135 Å². The summed E-state index contributed by atoms with van der Waals surface area (Å²) in [6, 6.07) is 6.45. The largest absolute Gasteiger partial charge is 0.496 e. The minimum Gasteiger partial charge on any atom is -0.496 e. The molecule has 1 unspecified atom stereocenters. The molecule has 0 saturated heterocycles. The van der Waals surface area contributed by atoms with Crippen LogP contribution >= 0.6 is 43.2 Å². The molecule has 0 fully saturated rings. The topological polar surface area (TPSA) is 9.23 Å². The molecule has 0 aliphatic heterocycles. The number of rotatable bonds is 3. The fourth-order valence-electron chi connectivity index (χ4n) is 1.93. The van der Waals surface area contributed by atoms with E-state index >= 15 is 0 Å². The molecule has 19 heavy (non-hydrogen) atoms. The first-order chi connectivity index (χ1) is 8.93. The maximum absolute atomic E-state index is 5.51. The highest BCUT2D eigenvalue weighted by Gasteiger charge is 2.19. The highest BCUT2D eigenvalue weighted by molar-refractivity contribution is 9.10. The second-order valence-corrected chi connectivity index (χ2v) is 7.65. The lowest BCUT2D eigenvalue weighted by Crippen LogP contribution is -1.97. The van der Waals surface area contributed by atoms with Crippen molar-refractivity contribution in [2.75, 3.05) is 7.11 Å². The van der Waals surface area contributed by atoms with Gasteiger partial charge in [0.25, 0.3) is 0 Å². The molecule has 0 spiro atoms. The van der Waals surface area contributed by atoms with Crippen LogP contribution < -0.4 is 4.74 Å². The molecular formula is C15H16Br2OS. The third kappa shape index (κ3) is 3.06. The van der Waals surface area contributed by atoms with E-state index in [0.717, 1.165) is 15.8 Å². The van der Waals surface area contributed by atoms with E-state index in [4.69, 9.17) is 4.74 Å². The maximum Gasteiger partial charge on any atom is 0.123 e. The normalized spacial score (nSPS) is 12.5. The summed E-state index contributed by atoms with van der Waals surface area (Å²) in [5.41, 5.74) is 3.68. The molecule has 4 heteroatoms. The Balaban J connectivity index is 2.48. The minimum absolute atomic E-state index is 0.164. The number of benzene rings is 1. The van der Waals surface area contributed by atoms with E-state index in [1.165, 1.54) is 20.9 Å². The Kier molecular flexibility index (Phi) is 4.75. The van der Waals surface area contributed by atoms with Crippen molar-refractivity contribution in [2.45, 2.75) is 25.6 Å². The zero-order valence-corrected chi connectivity index (χ0v) is 15.4. The van der Waals surface area contributed by atoms with Crippen LogP contribution in [0.3, 0.4) is 0 Å². The predicted molar refractivity (Wildman–Crippen MR) is 90.0 cm³/mol. The number of hydrogen-bond acceptors (Lipinski definition) is 2. The van der Waals surface area contributed by atoms with Crippen molar-refractivity contribution in [2.24, 2.45) is 0 Å². The number of alkyl halides is 1. The average Bonchev–Trinajstić information content (AvgIpc) is 2.71. The quantitative estimate of drug-likeness (QED) is 0.577. The summed E-state index contributed by atoms with van der Waals surface area (Å²) in [6.07, 6.45) is 0. The molecule has 2 aromatic rings. The molecule has 2 rings (SSSR count). The summed E-state index contributed by atoms with van der Waals surface area (Å²) >= 11 is 9.23. The number of hydrogen-bond donors (Lipinski definition) is 0. The van der Waals surface area contributed by atoms with E-state index in [9.17, 15) is 0 Å². The van der Waals surface area contributed by atoms with Gasteiger partial charge in [0.1, 0.15) is 5.75 Å². The van der Waals surface area contributed by atoms with Gasteiger partial charge in [-0.1, -0.05) is 31.9 Å². The van der Waals surface area contributed by atoms with Gasteiger partial charge in [0.05, 0.1) is 11.9 Å². The van der Waals surface area contributed by atoms with Gasteiger partial charge in [-0.25, -0.2) is 0 Å². The molecule has 1 aromatic heterocycles. The van der Waals surface area contributed by atoms with Crippen molar-refractivity contribution >= 4 is 43.2 Å².